The van der Waals surface area contributed by atoms with Gasteiger partial charge in [0.25, 0.3) is 0 Å². The molecule has 0 atom stereocenters. The molecule has 0 amide bonds. The van der Waals surface area contributed by atoms with Crippen LogP contribution < -0.4 is 10.6 Å². The van der Waals surface area contributed by atoms with Crippen LogP contribution in [-0.2, 0) is 0 Å². The molecule has 0 saturated heterocycles. The van der Waals surface area contributed by atoms with Crippen LogP contribution >= 0.6 is 0 Å². The van der Waals surface area contributed by atoms with Crippen LogP contribution in [0.2, 0.25) is 0 Å². The Morgan fingerprint density at radius 1 is 0.800 bits per heavy atom. The molecular weight excluding hydrogens is 184 g/mol. The first kappa shape index (κ1) is 14.9. The van der Waals surface area contributed by atoms with Gasteiger partial charge >= 0.3 is 0 Å². The average Bonchev–Trinajstić information content (AvgIpc) is 2.20. The molecule has 0 fully saturated rings. The fourth-order valence-corrected chi connectivity index (χ4v) is 1.57. The van der Waals surface area contributed by atoms with Gasteiger partial charge in [-0.25, -0.2) is 0 Å². The first-order chi connectivity index (χ1) is 7.27. The zero-order valence-corrected chi connectivity index (χ0v) is 10.9. The summed E-state index contributed by atoms with van der Waals surface area (Å²) < 4.78 is 0. The molecule has 92 valence electrons. The SMILES string of the molecule is CCCNCCCNCCCCC(C)C. The van der Waals surface area contributed by atoms with Crippen molar-refractivity contribution in [2.24, 2.45) is 5.92 Å². The maximum atomic E-state index is 3.50. The molecule has 0 aromatic heterocycles. The Morgan fingerprint density at radius 2 is 1.40 bits per heavy atom. The summed E-state index contributed by atoms with van der Waals surface area (Å²) in [5, 5.41) is 6.91. The van der Waals surface area contributed by atoms with Gasteiger partial charge in [0.05, 0.1) is 0 Å². The van der Waals surface area contributed by atoms with Crippen molar-refractivity contribution in [1.29, 1.82) is 0 Å². The zero-order chi connectivity index (χ0) is 11.4. The van der Waals surface area contributed by atoms with Gasteiger partial charge in [-0.3, -0.25) is 0 Å². The highest BCUT2D eigenvalue weighted by Crippen LogP contribution is 2.04. The smallest absolute Gasteiger partial charge is 0.00368 e. The third kappa shape index (κ3) is 13.9. The van der Waals surface area contributed by atoms with E-state index in [1.165, 1.54) is 45.2 Å². The molecule has 15 heavy (non-hydrogen) atoms. The summed E-state index contributed by atoms with van der Waals surface area (Å²) in [5.41, 5.74) is 0. The van der Waals surface area contributed by atoms with Crippen LogP contribution in [0.4, 0.5) is 0 Å². The quantitative estimate of drug-likeness (QED) is 0.517. The maximum absolute atomic E-state index is 3.50. The third-order valence-electron chi connectivity index (χ3n) is 2.52. The summed E-state index contributed by atoms with van der Waals surface area (Å²) in [7, 11) is 0. The maximum Gasteiger partial charge on any atom is -0.00368 e. The molecule has 0 aromatic carbocycles. The van der Waals surface area contributed by atoms with Gasteiger partial charge in [-0.1, -0.05) is 33.6 Å². The normalized spacial score (nSPS) is 11.2. The first-order valence-corrected chi connectivity index (χ1v) is 6.68. The van der Waals surface area contributed by atoms with Crippen molar-refractivity contribution >= 4 is 0 Å². The van der Waals surface area contributed by atoms with Crippen LogP contribution in [0.1, 0.15) is 52.9 Å². The van der Waals surface area contributed by atoms with Crippen molar-refractivity contribution in [3.8, 4) is 0 Å². The second-order valence-electron chi connectivity index (χ2n) is 4.74. The standard InChI is InChI=1S/C13H30N2/c1-4-9-14-11-7-12-15-10-6-5-8-13(2)3/h13-15H,4-12H2,1-3H3. The topological polar surface area (TPSA) is 24.1 Å². The largest absolute Gasteiger partial charge is 0.317 e. The molecule has 0 spiro atoms. The van der Waals surface area contributed by atoms with E-state index in [9.17, 15) is 0 Å². The lowest BCUT2D eigenvalue weighted by Crippen LogP contribution is -2.23. The molecule has 0 unspecified atom stereocenters. The molecular formula is C13H30N2. The molecule has 0 aliphatic rings. The summed E-state index contributed by atoms with van der Waals surface area (Å²) in [6.45, 7) is 11.5. The van der Waals surface area contributed by atoms with Gasteiger partial charge in [0, 0.05) is 0 Å². The molecule has 0 bridgehead atoms. The van der Waals surface area contributed by atoms with E-state index in [0.29, 0.717) is 0 Å². The lowest BCUT2D eigenvalue weighted by atomic mass is 10.1. The molecule has 0 aliphatic heterocycles. The first-order valence-electron chi connectivity index (χ1n) is 6.68. The lowest BCUT2D eigenvalue weighted by molar-refractivity contribution is 0.514. The van der Waals surface area contributed by atoms with E-state index in [2.05, 4.69) is 31.4 Å². The molecule has 2 nitrogen and oxygen atoms in total. The fourth-order valence-electron chi connectivity index (χ4n) is 1.57. The predicted molar refractivity (Wildman–Crippen MR) is 69.3 cm³/mol. The van der Waals surface area contributed by atoms with Crippen molar-refractivity contribution in [3.63, 3.8) is 0 Å². The minimum Gasteiger partial charge on any atom is -0.317 e. The molecule has 2 N–H and O–H groups in total. The Kier molecular flexibility index (Phi) is 11.9. The van der Waals surface area contributed by atoms with Gasteiger partial charge in [-0.05, 0) is 51.4 Å². The van der Waals surface area contributed by atoms with E-state index in [1.54, 1.807) is 0 Å². The van der Waals surface area contributed by atoms with Crippen molar-refractivity contribution in [1.82, 2.24) is 10.6 Å². The number of nitrogens with one attached hydrogen (secondary N) is 2. The van der Waals surface area contributed by atoms with Gasteiger partial charge in [0.1, 0.15) is 0 Å². The van der Waals surface area contributed by atoms with E-state index in [-0.39, 0.29) is 0 Å². The molecule has 0 saturated carbocycles. The second kappa shape index (κ2) is 12.0. The van der Waals surface area contributed by atoms with Crippen molar-refractivity contribution in [2.45, 2.75) is 52.9 Å². The van der Waals surface area contributed by atoms with Crippen molar-refractivity contribution < 1.29 is 0 Å². The van der Waals surface area contributed by atoms with Crippen LogP contribution in [0, 0.1) is 5.92 Å². The predicted octanol–water partition coefficient (Wildman–Crippen LogP) is 2.79. The van der Waals surface area contributed by atoms with Crippen molar-refractivity contribution in [3.05, 3.63) is 0 Å². The summed E-state index contributed by atoms with van der Waals surface area (Å²) in [6, 6.07) is 0. The Labute approximate surface area is 96.2 Å². The van der Waals surface area contributed by atoms with Crippen LogP contribution in [0.3, 0.4) is 0 Å². The Bertz CT molecular complexity index is 113. The minimum atomic E-state index is 0.864. The second-order valence-corrected chi connectivity index (χ2v) is 4.74. The third-order valence-corrected chi connectivity index (χ3v) is 2.52. The highest BCUT2D eigenvalue weighted by atomic mass is 14.9. The molecule has 0 rings (SSSR count). The van der Waals surface area contributed by atoms with Crippen LogP contribution in [-0.4, -0.2) is 26.2 Å². The highest BCUT2D eigenvalue weighted by molar-refractivity contribution is 4.53. The minimum absolute atomic E-state index is 0.864. The van der Waals surface area contributed by atoms with Crippen LogP contribution in [0.5, 0.6) is 0 Å². The van der Waals surface area contributed by atoms with Crippen molar-refractivity contribution in [2.75, 3.05) is 26.2 Å². The zero-order valence-electron chi connectivity index (χ0n) is 10.9. The number of rotatable bonds is 11. The highest BCUT2D eigenvalue weighted by Gasteiger charge is 1.93. The molecule has 0 aromatic rings. The van der Waals surface area contributed by atoms with Gasteiger partial charge in [-0.15, -0.1) is 0 Å². The average molecular weight is 214 g/mol. The Hall–Kier alpha value is -0.0800. The van der Waals surface area contributed by atoms with E-state index in [0.717, 1.165) is 19.0 Å². The molecule has 0 aliphatic carbocycles. The van der Waals surface area contributed by atoms with Gasteiger partial charge in [0.15, 0.2) is 0 Å². The Balaban J connectivity index is 2.87. The van der Waals surface area contributed by atoms with Gasteiger partial charge in [0.2, 0.25) is 0 Å². The van der Waals surface area contributed by atoms with E-state index in [4.69, 9.17) is 0 Å². The van der Waals surface area contributed by atoms with E-state index >= 15 is 0 Å². The number of unbranched alkanes of at least 4 members (excludes halogenated alkanes) is 1. The summed E-state index contributed by atoms with van der Waals surface area (Å²) >= 11 is 0. The lowest BCUT2D eigenvalue weighted by Gasteiger charge is -2.06. The van der Waals surface area contributed by atoms with E-state index in [1.807, 2.05) is 0 Å². The molecule has 0 radical (unpaired) electrons. The fraction of sp³-hybridized carbons (Fsp3) is 1.00. The molecule has 2 heteroatoms. The molecule has 0 heterocycles. The van der Waals surface area contributed by atoms with E-state index < -0.39 is 0 Å². The van der Waals surface area contributed by atoms with Gasteiger partial charge < -0.3 is 10.6 Å². The monoisotopic (exact) mass is 214 g/mol. The number of hydrogen-bond acceptors (Lipinski definition) is 2. The summed E-state index contributed by atoms with van der Waals surface area (Å²) in [4.78, 5) is 0. The van der Waals surface area contributed by atoms with Crippen LogP contribution in [0.15, 0.2) is 0 Å². The summed E-state index contributed by atoms with van der Waals surface area (Å²) in [5.74, 6) is 0.864. The Morgan fingerprint density at radius 3 is 2.00 bits per heavy atom. The number of hydrogen-bond donors (Lipinski definition) is 2. The van der Waals surface area contributed by atoms with Crippen LogP contribution in [0.25, 0.3) is 0 Å². The summed E-state index contributed by atoms with van der Waals surface area (Å²) in [6.07, 6.45) is 6.58. The van der Waals surface area contributed by atoms with Gasteiger partial charge in [-0.2, -0.15) is 0 Å².